The van der Waals surface area contributed by atoms with Gasteiger partial charge in [-0.2, -0.15) is 0 Å². The lowest BCUT2D eigenvalue weighted by Crippen LogP contribution is -2.42. The molecule has 3 amide bonds. The number of aryl methyl sites for hydroxylation is 1. The summed E-state index contributed by atoms with van der Waals surface area (Å²) in [4.78, 5) is 45.1. The van der Waals surface area contributed by atoms with E-state index in [1.807, 2.05) is 17.3 Å². The van der Waals surface area contributed by atoms with Crippen molar-refractivity contribution < 1.29 is 14.4 Å². The lowest BCUT2D eigenvalue weighted by atomic mass is 10.0. The lowest BCUT2D eigenvalue weighted by molar-refractivity contribution is -0.132. The van der Waals surface area contributed by atoms with Crippen molar-refractivity contribution in [2.75, 3.05) is 19.6 Å². The van der Waals surface area contributed by atoms with Crippen molar-refractivity contribution in [2.24, 2.45) is 0 Å². The second-order valence-electron chi connectivity index (χ2n) is 7.30. The van der Waals surface area contributed by atoms with Gasteiger partial charge in [-0.1, -0.05) is 19.1 Å². The molecule has 0 N–H and O–H groups in total. The molecule has 146 valence electrons. The van der Waals surface area contributed by atoms with Crippen LogP contribution >= 0.6 is 0 Å². The van der Waals surface area contributed by atoms with Crippen LogP contribution in [-0.2, 0) is 11.2 Å². The van der Waals surface area contributed by atoms with E-state index in [1.54, 1.807) is 24.3 Å². The Bertz CT molecular complexity index is 885. The van der Waals surface area contributed by atoms with Gasteiger partial charge in [0, 0.05) is 44.9 Å². The molecule has 2 aliphatic rings. The van der Waals surface area contributed by atoms with Crippen molar-refractivity contribution in [1.29, 1.82) is 0 Å². The van der Waals surface area contributed by atoms with Crippen LogP contribution in [-0.4, -0.2) is 56.7 Å². The number of imidazole rings is 1. The molecule has 2 aromatic rings. The van der Waals surface area contributed by atoms with Gasteiger partial charge in [0.2, 0.25) is 5.91 Å². The first-order chi connectivity index (χ1) is 13.6. The molecule has 1 aromatic heterocycles. The molecular weight excluding hydrogens is 356 g/mol. The van der Waals surface area contributed by atoms with Crippen LogP contribution in [0.25, 0.3) is 0 Å². The molecule has 7 nitrogen and oxygen atoms in total. The van der Waals surface area contributed by atoms with Crippen molar-refractivity contribution >= 4 is 17.7 Å². The van der Waals surface area contributed by atoms with E-state index in [0.29, 0.717) is 24.2 Å². The van der Waals surface area contributed by atoms with E-state index in [2.05, 4.69) is 16.5 Å². The molecule has 1 fully saturated rings. The van der Waals surface area contributed by atoms with Gasteiger partial charge in [0.15, 0.2) is 0 Å². The Kier molecular flexibility index (Phi) is 4.98. The number of likely N-dealkylation sites (tertiary alicyclic amines) is 1. The lowest BCUT2D eigenvalue weighted by Gasteiger charge is -2.34. The number of carbonyl (C=O) groups excluding carboxylic acids is 3. The number of hydrogen-bond acceptors (Lipinski definition) is 4. The predicted molar refractivity (Wildman–Crippen MR) is 103 cm³/mol. The largest absolute Gasteiger partial charge is 0.341 e. The fourth-order valence-electron chi connectivity index (χ4n) is 4.17. The molecule has 3 heterocycles. The smallest absolute Gasteiger partial charge is 0.261 e. The molecule has 0 saturated carbocycles. The van der Waals surface area contributed by atoms with Gasteiger partial charge in [0.05, 0.1) is 17.2 Å². The molecule has 0 bridgehead atoms. The highest BCUT2D eigenvalue weighted by atomic mass is 16.2. The standard InChI is InChI=1S/C21H24N4O3/c1-2-18-22-10-13-24(18)15-6-5-11-23(14-15)19(26)9-12-25-20(27)16-7-3-4-8-17(16)21(25)28/h3-4,7-8,10,13,15H,2,5-6,9,11-12,14H2,1H3. The van der Waals surface area contributed by atoms with Gasteiger partial charge in [0.25, 0.3) is 11.8 Å². The van der Waals surface area contributed by atoms with Gasteiger partial charge in [-0.05, 0) is 25.0 Å². The maximum Gasteiger partial charge on any atom is 0.261 e. The van der Waals surface area contributed by atoms with Crippen LogP contribution in [0.15, 0.2) is 36.7 Å². The molecule has 0 spiro atoms. The highest BCUT2D eigenvalue weighted by molar-refractivity contribution is 6.21. The molecule has 0 aliphatic carbocycles. The first-order valence-corrected chi connectivity index (χ1v) is 9.85. The molecule has 1 saturated heterocycles. The van der Waals surface area contributed by atoms with E-state index < -0.39 is 0 Å². The summed E-state index contributed by atoms with van der Waals surface area (Å²) in [6.07, 6.45) is 6.76. The maximum atomic E-state index is 12.8. The van der Waals surface area contributed by atoms with Crippen LogP contribution in [0.5, 0.6) is 0 Å². The Hall–Kier alpha value is -2.96. The van der Waals surface area contributed by atoms with Gasteiger partial charge in [-0.15, -0.1) is 0 Å². The number of piperidine rings is 1. The van der Waals surface area contributed by atoms with Crippen molar-refractivity contribution in [1.82, 2.24) is 19.4 Å². The van der Waals surface area contributed by atoms with Crippen molar-refractivity contribution in [2.45, 2.75) is 38.6 Å². The molecule has 0 radical (unpaired) electrons. The van der Waals surface area contributed by atoms with Crippen molar-refractivity contribution in [3.05, 3.63) is 53.6 Å². The number of hydrogen-bond donors (Lipinski definition) is 0. The van der Waals surface area contributed by atoms with Gasteiger partial charge in [-0.3, -0.25) is 19.3 Å². The summed E-state index contributed by atoms with van der Waals surface area (Å²) in [7, 11) is 0. The van der Waals surface area contributed by atoms with Crippen LogP contribution in [0.3, 0.4) is 0 Å². The Balaban J connectivity index is 1.38. The number of carbonyl (C=O) groups is 3. The van der Waals surface area contributed by atoms with Crippen LogP contribution in [0.2, 0.25) is 0 Å². The fourth-order valence-corrected chi connectivity index (χ4v) is 4.17. The summed E-state index contributed by atoms with van der Waals surface area (Å²) in [6, 6.07) is 7.03. The third kappa shape index (κ3) is 3.21. The van der Waals surface area contributed by atoms with Crippen LogP contribution in [0.1, 0.15) is 58.8 Å². The molecular formula is C21H24N4O3. The van der Waals surface area contributed by atoms with E-state index in [0.717, 1.165) is 25.1 Å². The van der Waals surface area contributed by atoms with Crippen LogP contribution < -0.4 is 0 Å². The zero-order valence-electron chi connectivity index (χ0n) is 16.0. The molecule has 4 rings (SSSR count). The number of aromatic nitrogens is 2. The summed E-state index contributed by atoms with van der Waals surface area (Å²) >= 11 is 0. The molecule has 1 atom stereocenters. The average molecular weight is 380 g/mol. The minimum atomic E-state index is -0.309. The highest BCUT2D eigenvalue weighted by Gasteiger charge is 2.35. The number of fused-ring (bicyclic) bond motifs is 1. The average Bonchev–Trinajstić information content (AvgIpc) is 3.30. The normalized spacial score (nSPS) is 19.2. The Morgan fingerprint density at radius 3 is 2.57 bits per heavy atom. The highest BCUT2D eigenvalue weighted by Crippen LogP contribution is 2.25. The van der Waals surface area contributed by atoms with Gasteiger partial charge in [-0.25, -0.2) is 4.98 Å². The Morgan fingerprint density at radius 1 is 1.18 bits per heavy atom. The number of amides is 3. The second kappa shape index (κ2) is 7.58. The van der Waals surface area contributed by atoms with E-state index in [9.17, 15) is 14.4 Å². The summed E-state index contributed by atoms with van der Waals surface area (Å²) < 4.78 is 2.17. The first kappa shape index (κ1) is 18.4. The first-order valence-electron chi connectivity index (χ1n) is 9.85. The third-order valence-corrected chi connectivity index (χ3v) is 5.64. The van der Waals surface area contributed by atoms with E-state index >= 15 is 0 Å². The SMILES string of the molecule is CCc1nccn1C1CCCN(C(=O)CCN2C(=O)c3ccccc3C2=O)C1. The van der Waals surface area contributed by atoms with E-state index in [4.69, 9.17) is 0 Å². The Morgan fingerprint density at radius 2 is 1.89 bits per heavy atom. The zero-order chi connectivity index (χ0) is 19.7. The number of imide groups is 1. The van der Waals surface area contributed by atoms with Crippen LogP contribution in [0.4, 0.5) is 0 Å². The summed E-state index contributed by atoms with van der Waals surface area (Å²) in [5, 5.41) is 0. The number of nitrogens with zero attached hydrogens (tertiary/aromatic N) is 4. The molecule has 7 heteroatoms. The minimum Gasteiger partial charge on any atom is -0.341 e. The second-order valence-corrected chi connectivity index (χ2v) is 7.30. The summed E-state index contributed by atoms with van der Waals surface area (Å²) in [5.74, 6) is 0.400. The predicted octanol–water partition coefficient (Wildman–Crippen LogP) is 2.30. The topological polar surface area (TPSA) is 75.5 Å². The van der Waals surface area contributed by atoms with Gasteiger partial charge < -0.3 is 9.47 Å². The number of benzene rings is 1. The molecule has 28 heavy (non-hydrogen) atoms. The quantitative estimate of drug-likeness (QED) is 0.746. The summed E-state index contributed by atoms with van der Waals surface area (Å²) in [5.41, 5.74) is 0.843. The molecule has 1 aromatic carbocycles. The molecule has 1 unspecified atom stereocenters. The van der Waals surface area contributed by atoms with E-state index in [1.165, 1.54) is 4.90 Å². The minimum absolute atomic E-state index is 0.0144. The summed E-state index contributed by atoms with van der Waals surface area (Å²) in [6.45, 7) is 3.56. The zero-order valence-corrected chi connectivity index (χ0v) is 16.0. The van der Waals surface area contributed by atoms with Crippen LogP contribution in [0, 0.1) is 0 Å². The Labute approximate surface area is 163 Å². The van der Waals surface area contributed by atoms with Gasteiger partial charge >= 0.3 is 0 Å². The molecule has 2 aliphatic heterocycles. The number of rotatable bonds is 5. The fraction of sp³-hybridized carbons (Fsp3) is 0.429. The maximum absolute atomic E-state index is 12.8. The van der Waals surface area contributed by atoms with E-state index in [-0.39, 0.29) is 36.7 Å². The monoisotopic (exact) mass is 380 g/mol. The van der Waals surface area contributed by atoms with Crippen molar-refractivity contribution in [3.8, 4) is 0 Å². The van der Waals surface area contributed by atoms with Crippen molar-refractivity contribution in [3.63, 3.8) is 0 Å². The third-order valence-electron chi connectivity index (χ3n) is 5.64. The van der Waals surface area contributed by atoms with Gasteiger partial charge in [0.1, 0.15) is 5.82 Å².